The minimum Gasteiger partial charge on any atom is -0.496 e. The second-order valence-corrected chi connectivity index (χ2v) is 5.03. The predicted octanol–water partition coefficient (Wildman–Crippen LogP) is 3.35. The van der Waals surface area contributed by atoms with Crippen LogP contribution in [0.1, 0.15) is 29.9 Å². The van der Waals surface area contributed by atoms with E-state index in [9.17, 15) is 4.79 Å². The molecule has 0 amide bonds. The zero-order chi connectivity index (χ0) is 13.4. The van der Waals surface area contributed by atoms with Crippen molar-refractivity contribution in [1.29, 1.82) is 0 Å². The van der Waals surface area contributed by atoms with Gasteiger partial charge in [-0.2, -0.15) is 0 Å². The van der Waals surface area contributed by atoms with Crippen molar-refractivity contribution in [2.45, 2.75) is 25.2 Å². The summed E-state index contributed by atoms with van der Waals surface area (Å²) in [6, 6.07) is 10.3. The first kappa shape index (κ1) is 12.0. The highest BCUT2D eigenvalue weighted by Crippen LogP contribution is 2.43. The van der Waals surface area contributed by atoms with E-state index in [2.05, 4.69) is 18.2 Å². The smallest absolute Gasteiger partial charge is 0.303 e. The number of aliphatic carboxylic acids is 1. The number of hydrogen-bond donors (Lipinski definition) is 1. The molecule has 3 rings (SSSR count). The number of rotatable bonds is 3. The molecule has 3 heteroatoms. The molecule has 1 aliphatic carbocycles. The lowest BCUT2D eigenvalue weighted by atomic mass is 9.79. The number of carboxylic acid groups (broad SMARTS) is 1. The number of benzene rings is 2. The molecule has 1 N–H and O–H groups in total. The number of carboxylic acids is 1. The molecule has 98 valence electrons. The fraction of sp³-hybridized carbons (Fsp3) is 0.312. The maximum absolute atomic E-state index is 11.1. The Bertz CT molecular complexity index is 646. The second kappa shape index (κ2) is 4.57. The fourth-order valence-corrected chi connectivity index (χ4v) is 3.15. The van der Waals surface area contributed by atoms with Gasteiger partial charge in [0.05, 0.1) is 13.5 Å². The third-order valence-corrected chi connectivity index (χ3v) is 3.94. The maximum Gasteiger partial charge on any atom is 0.303 e. The van der Waals surface area contributed by atoms with Crippen LogP contribution < -0.4 is 4.74 Å². The molecule has 0 aliphatic heterocycles. The van der Waals surface area contributed by atoms with E-state index in [4.69, 9.17) is 9.84 Å². The fourth-order valence-electron chi connectivity index (χ4n) is 3.15. The van der Waals surface area contributed by atoms with E-state index in [1.165, 1.54) is 16.3 Å². The Labute approximate surface area is 111 Å². The van der Waals surface area contributed by atoms with Gasteiger partial charge < -0.3 is 9.84 Å². The van der Waals surface area contributed by atoms with Crippen molar-refractivity contribution in [3.05, 3.63) is 41.5 Å². The summed E-state index contributed by atoms with van der Waals surface area (Å²) in [6.07, 6.45) is 1.98. The van der Waals surface area contributed by atoms with Crippen LogP contribution in [0, 0.1) is 0 Å². The lowest BCUT2D eigenvalue weighted by Gasteiger charge is -2.26. The summed E-state index contributed by atoms with van der Waals surface area (Å²) in [5.41, 5.74) is 2.37. The van der Waals surface area contributed by atoms with E-state index >= 15 is 0 Å². The molecule has 0 bridgehead atoms. The highest BCUT2D eigenvalue weighted by Gasteiger charge is 2.26. The molecule has 0 heterocycles. The van der Waals surface area contributed by atoms with Crippen molar-refractivity contribution < 1.29 is 14.6 Å². The van der Waals surface area contributed by atoms with Crippen LogP contribution in [0.25, 0.3) is 10.8 Å². The molecule has 0 saturated carbocycles. The third-order valence-electron chi connectivity index (χ3n) is 3.94. The molecule has 3 nitrogen and oxygen atoms in total. The van der Waals surface area contributed by atoms with E-state index in [-0.39, 0.29) is 12.3 Å². The largest absolute Gasteiger partial charge is 0.496 e. The Hall–Kier alpha value is -2.03. The van der Waals surface area contributed by atoms with Gasteiger partial charge in [-0.05, 0) is 41.2 Å². The van der Waals surface area contributed by atoms with Crippen LogP contribution in [-0.4, -0.2) is 18.2 Å². The zero-order valence-electron chi connectivity index (χ0n) is 10.8. The van der Waals surface area contributed by atoms with Gasteiger partial charge >= 0.3 is 5.97 Å². The summed E-state index contributed by atoms with van der Waals surface area (Å²) in [7, 11) is 1.65. The topological polar surface area (TPSA) is 46.5 Å². The zero-order valence-corrected chi connectivity index (χ0v) is 10.8. The molecule has 2 aromatic rings. The Morgan fingerprint density at radius 2 is 2.21 bits per heavy atom. The minimum absolute atomic E-state index is 0.0473. The summed E-state index contributed by atoms with van der Waals surface area (Å²) >= 11 is 0. The molecule has 0 spiro atoms. The number of methoxy groups -OCH3 is 1. The summed E-state index contributed by atoms with van der Waals surface area (Å²) in [4.78, 5) is 11.1. The number of ether oxygens (including phenoxy) is 1. The van der Waals surface area contributed by atoms with Crippen molar-refractivity contribution >= 4 is 16.7 Å². The molecular formula is C16H16O3. The Kier molecular flexibility index (Phi) is 2.90. The summed E-state index contributed by atoms with van der Waals surface area (Å²) in [5.74, 6) is 0.111. The molecule has 0 saturated heterocycles. The van der Waals surface area contributed by atoms with Crippen LogP contribution in [0.3, 0.4) is 0 Å². The summed E-state index contributed by atoms with van der Waals surface area (Å²) in [5, 5.41) is 11.5. The van der Waals surface area contributed by atoms with Crippen molar-refractivity contribution in [3.8, 4) is 5.75 Å². The molecule has 19 heavy (non-hydrogen) atoms. The van der Waals surface area contributed by atoms with Crippen molar-refractivity contribution in [2.75, 3.05) is 7.11 Å². The van der Waals surface area contributed by atoms with Gasteiger partial charge in [-0.25, -0.2) is 0 Å². The van der Waals surface area contributed by atoms with Crippen molar-refractivity contribution in [2.24, 2.45) is 0 Å². The first-order valence-corrected chi connectivity index (χ1v) is 6.51. The molecule has 1 atom stereocenters. The lowest BCUT2D eigenvalue weighted by Crippen LogP contribution is -2.14. The third kappa shape index (κ3) is 1.95. The average molecular weight is 256 g/mol. The molecular weight excluding hydrogens is 240 g/mol. The first-order chi connectivity index (χ1) is 9.20. The van der Waals surface area contributed by atoms with E-state index in [0.717, 1.165) is 24.2 Å². The maximum atomic E-state index is 11.1. The van der Waals surface area contributed by atoms with Crippen molar-refractivity contribution in [3.63, 3.8) is 0 Å². The molecule has 0 radical (unpaired) electrons. The van der Waals surface area contributed by atoms with Gasteiger partial charge in [0.2, 0.25) is 0 Å². The monoisotopic (exact) mass is 256 g/mol. The molecule has 2 aromatic carbocycles. The van der Waals surface area contributed by atoms with Crippen LogP contribution in [0.15, 0.2) is 30.3 Å². The first-order valence-electron chi connectivity index (χ1n) is 6.51. The lowest BCUT2D eigenvalue weighted by molar-refractivity contribution is -0.137. The van der Waals surface area contributed by atoms with Crippen molar-refractivity contribution in [1.82, 2.24) is 0 Å². The standard InChI is InChI=1S/C16H16O3/c1-19-13-8-7-11-4-2-3-10-5-6-12(9-14(17)18)16(13)15(10)11/h2-4,7-8,12H,5-6,9H2,1H3,(H,17,18). The van der Waals surface area contributed by atoms with E-state index in [1.54, 1.807) is 7.11 Å². The number of hydrogen-bond acceptors (Lipinski definition) is 2. The quantitative estimate of drug-likeness (QED) is 0.916. The van der Waals surface area contributed by atoms with E-state index in [0.29, 0.717) is 0 Å². The van der Waals surface area contributed by atoms with Gasteiger partial charge in [0.15, 0.2) is 0 Å². The van der Waals surface area contributed by atoms with Gasteiger partial charge in [-0.15, -0.1) is 0 Å². The SMILES string of the molecule is COc1ccc2cccc3c2c1C(CC(=O)O)CC3. The van der Waals surface area contributed by atoms with E-state index in [1.807, 2.05) is 12.1 Å². The molecule has 1 aliphatic rings. The van der Waals surface area contributed by atoms with Crippen LogP contribution in [-0.2, 0) is 11.2 Å². The van der Waals surface area contributed by atoms with Gasteiger partial charge in [0, 0.05) is 5.56 Å². The second-order valence-electron chi connectivity index (χ2n) is 5.03. The molecule has 0 aromatic heterocycles. The van der Waals surface area contributed by atoms with Crippen LogP contribution in [0.5, 0.6) is 5.75 Å². The van der Waals surface area contributed by atoms with Crippen LogP contribution in [0.4, 0.5) is 0 Å². The Morgan fingerprint density at radius 3 is 2.95 bits per heavy atom. The van der Waals surface area contributed by atoms with Gasteiger partial charge in [0.25, 0.3) is 0 Å². The average Bonchev–Trinajstić information content (AvgIpc) is 2.41. The van der Waals surface area contributed by atoms with Crippen LogP contribution in [0.2, 0.25) is 0 Å². The molecule has 0 fully saturated rings. The van der Waals surface area contributed by atoms with Gasteiger partial charge in [-0.3, -0.25) is 4.79 Å². The number of aryl methyl sites for hydroxylation is 1. The highest BCUT2D eigenvalue weighted by atomic mass is 16.5. The molecule has 1 unspecified atom stereocenters. The Morgan fingerprint density at radius 1 is 1.37 bits per heavy atom. The van der Waals surface area contributed by atoms with Gasteiger partial charge in [-0.1, -0.05) is 24.3 Å². The minimum atomic E-state index is -0.747. The highest BCUT2D eigenvalue weighted by molar-refractivity contribution is 5.92. The normalized spacial score (nSPS) is 17.4. The van der Waals surface area contributed by atoms with Gasteiger partial charge in [0.1, 0.15) is 5.75 Å². The van der Waals surface area contributed by atoms with E-state index < -0.39 is 5.97 Å². The predicted molar refractivity (Wildman–Crippen MR) is 73.8 cm³/mol. The summed E-state index contributed by atoms with van der Waals surface area (Å²) < 4.78 is 5.45. The Balaban J connectivity index is 2.26. The summed E-state index contributed by atoms with van der Waals surface area (Å²) in [6.45, 7) is 0. The van der Waals surface area contributed by atoms with Crippen LogP contribution >= 0.6 is 0 Å². The number of carbonyl (C=O) groups is 1.